The molecule has 1 atom stereocenters. The summed E-state index contributed by atoms with van der Waals surface area (Å²) in [4.78, 5) is 15.6. The Bertz CT molecular complexity index is 567. The lowest BCUT2D eigenvalue weighted by atomic mass is 10.2. The molecule has 1 aliphatic heterocycles. The number of nitrogens with zero attached hydrogens (tertiary/aromatic N) is 4. The van der Waals surface area contributed by atoms with Crippen molar-refractivity contribution in [3.63, 3.8) is 0 Å². The molecule has 98 valence electrons. The number of hydrogen-bond acceptors (Lipinski definition) is 3. The van der Waals surface area contributed by atoms with Gasteiger partial charge in [0.1, 0.15) is 5.82 Å². The molecule has 1 aromatic carbocycles. The molecule has 0 N–H and O–H groups in total. The van der Waals surface area contributed by atoms with Gasteiger partial charge in [-0.05, 0) is 30.7 Å². The second kappa shape index (κ2) is 4.79. The molecule has 0 spiro atoms. The molecule has 5 nitrogen and oxygen atoms in total. The maximum atomic E-state index is 12.8. The van der Waals surface area contributed by atoms with Gasteiger partial charge in [0.2, 0.25) is 0 Å². The summed E-state index contributed by atoms with van der Waals surface area (Å²) in [5, 5.41) is 8.19. The molecule has 1 saturated heterocycles. The SMILES string of the molecule is O=C(c1ccc(F)cc1)N1CC[C@H](n2nccn2)C1. The van der Waals surface area contributed by atoms with Crippen molar-refractivity contribution in [2.24, 2.45) is 0 Å². The topological polar surface area (TPSA) is 51.0 Å². The van der Waals surface area contributed by atoms with E-state index in [2.05, 4.69) is 10.2 Å². The average molecular weight is 260 g/mol. The number of hydrogen-bond donors (Lipinski definition) is 0. The van der Waals surface area contributed by atoms with E-state index in [-0.39, 0.29) is 17.8 Å². The summed E-state index contributed by atoms with van der Waals surface area (Å²) in [6, 6.07) is 5.75. The number of amides is 1. The van der Waals surface area contributed by atoms with Gasteiger partial charge in [0, 0.05) is 18.7 Å². The number of carbonyl (C=O) groups excluding carboxylic acids is 1. The number of benzene rings is 1. The molecule has 2 aromatic rings. The van der Waals surface area contributed by atoms with Gasteiger partial charge in [-0.3, -0.25) is 4.79 Å². The Morgan fingerprint density at radius 1 is 1.21 bits per heavy atom. The average Bonchev–Trinajstić information content (AvgIpc) is 3.10. The molecule has 1 aliphatic rings. The Morgan fingerprint density at radius 2 is 1.89 bits per heavy atom. The second-order valence-electron chi connectivity index (χ2n) is 4.55. The van der Waals surface area contributed by atoms with E-state index in [4.69, 9.17) is 0 Å². The fraction of sp³-hybridized carbons (Fsp3) is 0.308. The fourth-order valence-electron chi connectivity index (χ4n) is 2.30. The summed E-state index contributed by atoms with van der Waals surface area (Å²) >= 11 is 0. The molecule has 0 bridgehead atoms. The van der Waals surface area contributed by atoms with E-state index in [0.717, 1.165) is 6.42 Å². The molecule has 0 unspecified atom stereocenters. The van der Waals surface area contributed by atoms with E-state index >= 15 is 0 Å². The maximum Gasteiger partial charge on any atom is 0.253 e. The molecule has 2 heterocycles. The molecular weight excluding hydrogens is 247 g/mol. The molecule has 1 amide bonds. The van der Waals surface area contributed by atoms with Crippen LogP contribution in [0.25, 0.3) is 0 Å². The third kappa shape index (κ3) is 2.33. The number of rotatable bonds is 2. The van der Waals surface area contributed by atoms with Gasteiger partial charge >= 0.3 is 0 Å². The van der Waals surface area contributed by atoms with Crippen LogP contribution in [-0.2, 0) is 0 Å². The van der Waals surface area contributed by atoms with Gasteiger partial charge in [-0.25, -0.2) is 4.39 Å². The standard InChI is InChI=1S/C13H13FN4O/c14-11-3-1-10(2-4-11)13(19)17-8-5-12(9-17)18-15-6-7-16-18/h1-4,6-7,12H,5,8-9H2/t12-/m0/s1. The summed E-state index contributed by atoms with van der Waals surface area (Å²) in [6.07, 6.45) is 4.09. The van der Waals surface area contributed by atoms with Crippen molar-refractivity contribution in [3.8, 4) is 0 Å². The number of carbonyl (C=O) groups is 1. The van der Waals surface area contributed by atoms with Crippen molar-refractivity contribution < 1.29 is 9.18 Å². The van der Waals surface area contributed by atoms with Gasteiger partial charge in [0.25, 0.3) is 5.91 Å². The molecule has 1 aromatic heterocycles. The molecule has 0 radical (unpaired) electrons. The number of halogens is 1. The van der Waals surface area contributed by atoms with Crippen LogP contribution in [0.4, 0.5) is 4.39 Å². The quantitative estimate of drug-likeness (QED) is 0.822. The smallest absolute Gasteiger partial charge is 0.253 e. The second-order valence-corrected chi connectivity index (χ2v) is 4.55. The van der Waals surface area contributed by atoms with Crippen molar-refractivity contribution in [2.45, 2.75) is 12.5 Å². The third-order valence-electron chi connectivity index (χ3n) is 3.30. The predicted molar refractivity (Wildman–Crippen MR) is 66.0 cm³/mol. The Morgan fingerprint density at radius 3 is 2.58 bits per heavy atom. The lowest BCUT2D eigenvalue weighted by Gasteiger charge is -2.16. The minimum absolute atomic E-state index is 0.0744. The van der Waals surface area contributed by atoms with E-state index in [0.29, 0.717) is 18.7 Å². The Balaban J connectivity index is 1.71. The minimum Gasteiger partial charge on any atom is -0.336 e. The summed E-state index contributed by atoms with van der Waals surface area (Å²) < 4.78 is 12.8. The molecule has 6 heteroatoms. The van der Waals surface area contributed by atoms with Gasteiger partial charge in [0.15, 0.2) is 0 Å². The highest BCUT2D eigenvalue weighted by molar-refractivity contribution is 5.94. The fourth-order valence-corrected chi connectivity index (χ4v) is 2.30. The van der Waals surface area contributed by atoms with Gasteiger partial charge in [-0.15, -0.1) is 0 Å². The molecule has 0 aliphatic carbocycles. The van der Waals surface area contributed by atoms with Gasteiger partial charge in [-0.1, -0.05) is 0 Å². The summed E-state index contributed by atoms with van der Waals surface area (Å²) in [7, 11) is 0. The van der Waals surface area contributed by atoms with Gasteiger partial charge in [-0.2, -0.15) is 15.0 Å². The zero-order valence-electron chi connectivity index (χ0n) is 10.2. The Kier molecular flexibility index (Phi) is 2.98. The molecule has 1 fully saturated rings. The van der Waals surface area contributed by atoms with Gasteiger partial charge < -0.3 is 4.90 Å². The third-order valence-corrected chi connectivity index (χ3v) is 3.30. The summed E-state index contributed by atoms with van der Waals surface area (Å²) in [5.41, 5.74) is 0.510. The van der Waals surface area contributed by atoms with E-state index in [9.17, 15) is 9.18 Å². The van der Waals surface area contributed by atoms with E-state index in [1.54, 1.807) is 22.1 Å². The van der Waals surface area contributed by atoms with Crippen molar-refractivity contribution in [1.29, 1.82) is 0 Å². The normalized spacial score (nSPS) is 18.8. The first kappa shape index (κ1) is 11.8. The monoisotopic (exact) mass is 260 g/mol. The zero-order valence-corrected chi connectivity index (χ0v) is 10.2. The van der Waals surface area contributed by atoms with Crippen molar-refractivity contribution in [2.75, 3.05) is 13.1 Å². The molecule has 19 heavy (non-hydrogen) atoms. The zero-order chi connectivity index (χ0) is 13.2. The Hall–Kier alpha value is -2.24. The van der Waals surface area contributed by atoms with Crippen molar-refractivity contribution in [3.05, 3.63) is 48.0 Å². The van der Waals surface area contributed by atoms with Crippen LogP contribution in [0, 0.1) is 5.82 Å². The largest absolute Gasteiger partial charge is 0.336 e. The van der Waals surface area contributed by atoms with E-state index in [1.807, 2.05) is 0 Å². The Labute approximate surface area is 109 Å². The molecule has 3 rings (SSSR count). The first-order chi connectivity index (χ1) is 9.24. The van der Waals surface area contributed by atoms with Gasteiger partial charge in [0.05, 0.1) is 18.4 Å². The van der Waals surface area contributed by atoms with Crippen LogP contribution in [-0.4, -0.2) is 38.9 Å². The van der Waals surface area contributed by atoms with Crippen molar-refractivity contribution >= 4 is 5.91 Å². The number of likely N-dealkylation sites (tertiary alicyclic amines) is 1. The van der Waals surface area contributed by atoms with Crippen molar-refractivity contribution in [1.82, 2.24) is 19.9 Å². The van der Waals surface area contributed by atoms with Crippen LogP contribution in [0.3, 0.4) is 0 Å². The van der Waals surface area contributed by atoms with Crippen LogP contribution < -0.4 is 0 Å². The minimum atomic E-state index is -0.336. The summed E-state index contributed by atoms with van der Waals surface area (Å²) in [6.45, 7) is 1.26. The number of aromatic nitrogens is 3. The summed E-state index contributed by atoms with van der Waals surface area (Å²) in [5.74, 6) is -0.411. The first-order valence-electron chi connectivity index (χ1n) is 6.14. The van der Waals surface area contributed by atoms with Crippen LogP contribution in [0.1, 0.15) is 22.8 Å². The van der Waals surface area contributed by atoms with Crippen LogP contribution >= 0.6 is 0 Å². The van der Waals surface area contributed by atoms with Crippen LogP contribution in [0.5, 0.6) is 0 Å². The maximum absolute atomic E-state index is 12.8. The highest BCUT2D eigenvalue weighted by Gasteiger charge is 2.28. The lowest BCUT2D eigenvalue weighted by molar-refractivity contribution is 0.0786. The van der Waals surface area contributed by atoms with E-state index < -0.39 is 0 Å². The highest BCUT2D eigenvalue weighted by Crippen LogP contribution is 2.21. The lowest BCUT2D eigenvalue weighted by Crippen LogP contribution is -2.29. The molecule has 0 saturated carbocycles. The van der Waals surface area contributed by atoms with Crippen LogP contribution in [0.15, 0.2) is 36.7 Å². The predicted octanol–water partition coefficient (Wildman–Crippen LogP) is 1.50. The van der Waals surface area contributed by atoms with Crippen LogP contribution in [0.2, 0.25) is 0 Å². The highest BCUT2D eigenvalue weighted by atomic mass is 19.1. The molecular formula is C13H13FN4O. The first-order valence-corrected chi connectivity index (χ1v) is 6.14. The van der Waals surface area contributed by atoms with E-state index in [1.165, 1.54) is 24.3 Å².